The number of carbonyl (C=O) groups excluding carboxylic acids is 1. The Morgan fingerprint density at radius 1 is 1.33 bits per heavy atom. The smallest absolute Gasteiger partial charge is 0.224 e. The summed E-state index contributed by atoms with van der Waals surface area (Å²) in [6, 6.07) is 0. The Morgan fingerprint density at radius 3 is 2.76 bits per heavy atom. The third kappa shape index (κ3) is 7.24. The molecule has 0 atom stereocenters. The van der Waals surface area contributed by atoms with E-state index in [1.807, 2.05) is 10.9 Å². The zero-order chi connectivity index (χ0) is 15.5. The highest BCUT2D eigenvalue weighted by molar-refractivity contribution is 5.90. The number of aromatic nitrogens is 2. The van der Waals surface area contributed by atoms with Crippen LogP contribution < -0.4 is 11.1 Å². The van der Waals surface area contributed by atoms with Crippen LogP contribution in [0, 0.1) is 0 Å². The van der Waals surface area contributed by atoms with Gasteiger partial charge in [-0.2, -0.15) is 5.10 Å². The van der Waals surface area contributed by atoms with Crippen LogP contribution in [0.3, 0.4) is 0 Å². The number of nitrogens with one attached hydrogen (secondary N) is 1. The molecule has 0 aliphatic rings. The lowest BCUT2D eigenvalue weighted by Crippen LogP contribution is -2.27. The van der Waals surface area contributed by atoms with E-state index in [0.717, 1.165) is 51.1 Å². The number of hydrogen-bond acceptors (Lipinski definition) is 4. The fraction of sp³-hybridized carbons (Fsp3) is 0.733. The number of anilines is 1. The molecular weight excluding hydrogens is 266 g/mol. The Balaban J connectivity index is 2.29. The minimum Gasteiger partial charge on any atom is -0.330 e. The molecule has 1 amide bonds. The van der Waals surface area contributed by atoms with E-state index in [9.17, 15) is 4.79 Å². The molecule has 0 bridgehead atoms. The molecule has 0 aliphatic carbocycles. The fourth-order valence-corrected chi connectivity index (χ4v) is 2.16. The summed E-state index contributed by atoms with van der Waals surface area (Å²) in [6.07, 6.45) is 7.02. The number of likely N-dealkylation sites (N-methyl/N-ethyl adjacent to an activating group) is 1. The van der Waals surface area contributed by atoms with Gasteiger partial charge in [0.25, 0.3) is 0 Å². The number of nitrogens with zero attached hydrogens (tertiary/aromatic N) is 3. The first-order valence-corrected chi connectivity index (χ1v) is 7.94. The zero-order valence-corrected chi connectivity index (χ0v) is 13.3. The number of carbonyl (C=O) groups is 1. The SMILES string of the molecule is CCN(CC)CCn1cc(NC(=O)CCCCCN)cn1. The Morgan fingerprint density at radius 2 is 2.10 bits per heavy atom. The van der Waals surface area contributed by atoms with Gasteiger partial charge in [0.2, 0.25) is 5.91 Å². The molecule has 1 heterocycles. The first-order valence-electron chi connectivity index (χ1n) is 7.94. The lowest BCUT2D eigenvalue weighted by atomic mass is 10.2. The molecule has 1 aromatic rings. The first kappa shape index (κ1) is 17.7. The van der Waals surface area contributed by atoms with Crippen molar-refractivity contribution in [1.82, 2.24) is 14.7 Å². The topological polar surface area (TPSA) is 76.2 Å². The molecule has 1 aromatic heterocycles. The largest absolute Gasteiger partial charge is 0.330 e. The Bertz CT molecular complexity index is 401. The highest BCUT2D eigenvalue weighted by Crippen LogP contribution is 2.07. The molecule has 0 aliphatic heterocycles. The molecule has 0 saturated carbocycles. The summed E-state index contributed by atoms with van der Waals surface area (Å²) in [4.78, 5) is 14.1. The summed E-state index contributed by atoms with van der Waals surface area (Å²) in [5, 5.41) is 7.17. The fourth-order valence-electron chi connectivity index (χ4n) is 2.16. The van der Waals surface area contributed by atoms with E-state index in [2.05, 4.69) is 29.2 Å². The van der Waals surface area contributed by atoms with Gasteiger partial charge in [0.1, 0.15) is 0 Å². The van der Waals surface area contributed by atoms with Gasteiger partial charge in [0.05, 0.1) is 18.4 Å². The molecule has 1 rings (SSSR count). The monoisotopic (exact) mass is 295 g/mol. The van der Waals surface area contributed by atoms with Crippen LogP contribution in [0.25, 0.3) is 0 Å². The van der Waals surface area contributed by atoms with E-state index in [1.54, 1.807) is 6.20 Å². The normalized spacial score (nSPS) is 11.0. The summed E-state index contributed by atoms with van der Waals surface area (Å²) in [5.74, 6) is 0.0512. The second-order valence-electron chi connectivity index (χ2n) is 5.17. The van der Waals surface area contributed by atoms with Crippen molar-refractivity contribution in [3.05, 3.63) is 12.4 Å². The predicted octanol–water partition coefficient (Wildman–Crippen LogP) is 1.68. The molecule has 0 aromatic carbocycles. The van der Waals surface area contributed by atoms with Crippen molar-refractivity contribution in [2.24, 2.45) is 5.73 Å². The standard InChI is InChI=1S/C15H29N5O/c1-3-19(4-2)10-11-20-13-14(12-17-20)18-15(21)8-6-5-7-9-16/h12-13H,3-11,16H2,1-2H3,(H,18,21). The molecule has 3 N–H and O–H groups in total. The van der Waals surface area contributed by atoms with Crippen molar-refractivity contribution >= 4 is 11.6 Å². The molecule has 0 saturated heterocycles. The van der Waals surface area contributed by atoms with Gasteiger partial charge >= 0.3 is 0 Å². The van der Waals surface area contributed by atoms with Crippen LogP contribution in [0.2, 0.25) is 0 Å². The lowest BCUT2D eigenvalue weighted by molar-refractivity contribution is -0.116. The second-order valence-corrected chi connectivity index (χ2v) is 5.17. The van der Waals surface area contributed by atoms with Crippen molar-refractivity contribution in [3.63, 3.8) is 0 Å². The van der Waals surface area contributed by atoms with E-state index in [4.69, 9.17) is 5.73 Å². The average Bonchev–Trinajstić information content (AvgIpc) is 2.92. The highest BCUT2D eigenvalue weighted by Gasteiger charge is 2.05. The minimum absolute atomic E-state index is 0.0512. The van der Waals surface area contributed by atoms with Crippen LogP contribution in [-0.4, -0.2) is 46.8 Å². The van der Waals surface area contributed by atoms with E-state index < -0.39 is 0 Å². The molecule has 120 valence electrons. The molecule has 6 heteroatoms. The number of unbranched alkanes of at least 4 members (excludes halogenated alkanes) is 2. The molecule has 21 heavy (non-hydrogen) atoms. The average molecular weight is 295 g/mol. The summed E-state index contributed by atoms with van der Waals surface area (Å²) in [5.41, 5.74) is 6.20. The molecule has 0 radical (unpaired) electrons. The van der Waals surface area contributed by atoms with Gasteiger partial charge in [-0.05, 0) is 32.5 Å². The quantitative estimate of drug-likeness (QED) is 0.609. The Labute approximate surface area is 127 Å². The van der Waals surface area contributed by atoms with Crippen LogP contribution in [-0.2, 0) is 11.3 Å². The number of hydrogen-bond donors (Lipinski definition) is 2. The van der Waals surface area contributed by atoms with Gasteiger partial charge in [-0.15, -0.1) is 0 Å². The highest BCUT2D eigenvalue weighted by atomic mass is 16.1. The van der Waals surface area contributed by atoms with E-state index in [1.165, 1.54) is 0 Å². The molecule has 0 fully saturated rings. The van der Waals surface area contributed by atoms with Crippen molar-refractivity contribution < 1.29 is 4.79 Å². The number of rotatable bonds is 11. The van der Waals surface area contributed by atoms with Crippen molar-refractivity contribution in [2.45, 2.75) is 46.1 Å². The molecular formula is C15H29N5O. The van der Waals surface area contributed by atoms with Gasteiger partial charge in [0, 0.05) is 19.2 Å². The van der Waals surface area contributed by atoms with Gasteiger partial charge in [0.15, 0.2) is 0 Å². The van der Waals surface area contributed by atoms with Crippen LogP contribution in [0.5, 0.6) is 0 Å². The van der Waals surface area contributed by atoms with Crippen LogP contribution in [0.4, 0.5) is 5.69 Å². The molecule has 6 nitrogen and oxygen atoms in total. The van der Waals surface area contributed by atoms with E-state index >= 15 is 0 Å². The zero-order valence-electron chi connectivity index (χ0n) is 13.3. The van der Waals surface area contributed by atoms with Gasteiger partial charge in [-0.3, -0.25) is 9.48 Å². The Hall–Kier alpha value is -1.40. The maximum Gasteiger partial charge on any atom is 0.224 e. The van der Waals surface area contributed by atoms with Crippen molar-refractivity contribution in [3.8, 4) is 0 Å². The second kappa shape index (κ2) is 10.3. The number of amides is 1. The van der Waals surface area contributed by atoms with Crippen LogP contribution >= 0.6 is 0 Å². The lowest BCUT2D eigenvalue weighted by Gasteiger charge is -2.17. The van der Waals surface area contributed by atoms with E-state index in [-0.39, 0.29) is 5.91 Å². The third-order valence-electron chi connectivity index (χ3n) is 3.56. The maximum atomic E-state index is 11.8. The van der Waals surface area contributed by atoms with Gasteiger partial charge in [-0.1, -0.05) is 20.3 Å². The summed E-state index contributed by atoms with van der Waals surface area (Å²) >= 11 is 0. The number of nitrogens with two attached hydrogens (primary N) is 1. The molecule has 0 spiro atoms. The maximum absolute atomic E-state index is 11.8. The summed E-state index contributed by atoms with van der Waals surface area (Å²) in [6.45, 7) is 8.91. The van der Waals surface area contributed by atoms with Gasteiger partial charge in [-0.25, -0.2) is 0 Å². The molecule has 0 unspecified atom stereocenters. The van der Waals surface area contributed by atoms with Crippen molar-refractivity contribution in [2.75, 3.05) is 31.5 Å². The van der Waals surface area contributed by atoms with E-state index in [0.29, 0.717) is 13.0 Å². The van der Waals surface area contributed by atoms with Crippen molar-refractivity contribution in [1.29, 1.82) is 0 Å². The predicted molar refractivity (Wildman–Crippen MR) is 86.2 cm³/mol. The van der Waals surface area contributed by atoms with Crippen LogP contribution in [0.15, 0.2) is 12.4 Å². The van der Waals surface area contributed by atoms with Gasteiger partial charge < -0.3 is 16.0 Å². The minimum atomic E-state index is 0.0512. The third-order valence-corrected chi connectivity index (χ3v) is 3.56. The Kier molecular flexibility index (Phi) is 8.69. The van der Waals surface area contributed by atoms with Crippen LogP contribution in [0.1, 0.15) is 39.5 Å². The first-order chi connectivity index (χ1) is 10.2. The summed E-state index contributed by atoms with van der Waals surface area (Å²) in [7, 11) is 0. The summed E-state index contributed by atoms with van der Waals surface area (Å²) < 4.78 is 1.88.